The molecule has 16 heavy (non-hydrogen) atoms. The van der Waals surface area contributed by atoms with Crippen LogP contribution < -0.4 is 0 Å². The Morgan fingerprint density at radius 1 is 1.38 bits per heavy atom. The second-order valence-corrected chi connectivity index (χ2v) is 5.52. The molecule has 0 bridgehead atoms. The minimum atomic E-state index is 0.236. The zero-order valence-corrected chi connectivity index (χ0v) is 11.0. The van der Waals surface area contributed by atoms with Gasteiger partial charge in [-0.05, 0) is 43.1 Å². The standard InChI is InChI=1S/C14H25O2/c1-10(2)9-15-16-14-8-12(5)6-7-13(14)11(3)4/h9,11-14H,1,6-8H2,2-5H3. The third kappa shape index (κ3) is 4.26. The van der Waals surface area contributed by atoms with Crippen LogP contribution in [0, 0.1) is 24.4 Å². The molecule has 0 aromatic heterocycles. The van der Waals surface area contributed by atoms with Crippen molar-refractivity contribution >= 4 is 0 Å². The fraction of sp³-hybridized carbons (Fsp3) is 0.786. The highest BCUT2D eigenvalue weighted by Crippen LogP contribution is 2.35. The van der Waals surface area contributed by atoms with Gasteiger partial charge in [-0.2, -0.15) is 0 Å². The van der Waals surface area contributed by atoms with Gasteiger partial charge in [0.2, 0.25) is 0 Å². The molecule has 0 heterocycles. The van der Waals surface area contributed by atoms with E-state index in [0.717, 1.165) is 17.9 Å². The molecule has 1 aliphatic rings. The monoisotopic (exact) mass is 225 g/mol. The molecule has 1 fully saturated rings. The van der Waals surface area contributed by atoms with Gasteiger partial charge < -0.3 is 0 Å². The Hall–Kier alpha value is -0.340. The third-order valence-electron chi connectivity index (χ3n) is 3.39. The SMILES string of the molecule is C=C(C)[CH]OOC1CC(C)CCC1C(C)C. The normalized spacial score (nSPS) is 30.7. The van der Waals surface area contributed by atoms with Gasteiger partial charge in [0.15, 0.2) is 0 Å². The van der Waals surface area contributed by atoms with Crippen molar-refractivity contribution < 1.29 is 9.78 Å². The van der Waals surface area contributed by atoms with Crippen molar-refractivity contribution in [1.82, 2.24) is 0 Å². The lowest BCUT2D eigenvalue weighted by Crippen LogP contribution is -2.34. The summed E-state index contributed by atoms with van der Waals surface area (Å²) in [6.07, 6.45) is 3.90. The summed E-state index contributed by atoms with van der Waals surface area (Å²) >= 11 is 0. The van der Waals surface area contributed by atoms with E-state index in [1.807, 2.05) is 6.92 Å². The summed E-state index contributed by atoms with van der Waals surface area (Å²) in [6.45, 7) is 14.0. The minimum absolute atomic E-state index is 0.236. The van der Waals surface area contributed by atoms with Gasteiger partial charge >= 0.3 is 0 Å². The molecule has 0 amide bonds. The molecule has 3 unspecified atom stereocenters. The van der Waals surface area contributed by atoms with E-state index in [4.69, 9.17) is 9.78 Å². The van der Waals surface area contributed by atoms with Crippen molar-refractivity contribution in [2.24, 2.45) is 17.8 Å². The number of hydrogen-bond donors (Lipinski definition) is 0. The highest BCUT2D eigenvalue weighted by Gasteiger charge is 2.32. The fourth-order valence-electron chi connectivity index (χ4n) is 2.41. The fourth-order valence-corrected chi connectivity index (χ4v) is 2.41. The molecule has 1 aliphatic carbocycles. The highest BCUT2D eigenvalue weighted by molar-refractivity contribution is 4.96. The Labute approximate surface area is 99.9 Å². The maximum absolute atomic E-state index is 5.52. The second kappa shape index (κ2) is 6.41. The average Bonchev–Trinajstić information content (AvgIpc) is 2.16. The molecule has 1 rings (SSSR count). The molecular weight excluding hydrogens is 200 g/mol. The summed E-state index contributed by atoms with van der Waals surface area (Å²) in [5, 5.41) is 0. The van der Waals surface area contributed by atoms with Crippen LogP contribution >= 0.6 is 0 Å². The average molecular weight is 225 g/mol. The summed E-state index contributed by atoms with van der Waals surface area (Å²) in [4.78, 5) is 10.7. The van der Waals surface area contributed by atoms with E-state index in [2.05, 4.69) is 27.4 Å². The van der Waals surface area contributed by atoms with Crippen LogP contribution in [-0.2, 0) is 9.78 Å². The Morgan fingerprint density at radius 3 is 2.62 bits per heavy atom. The van der Waals surface area contributed by atoms with Crippen molar-refractivity contribution in [3.8, 4) is 0 Å². The first-order chi connectivity index (χ1) is 7.50. The largest absolute Gasteiger partial charge is 0.232 e. The molecule has 2 nitrogen and oxygen atoms in total. The predicted octanol–water partition coefficient (Wildman–Crippen LogP) is 4.13. The lowest BCUT2D eigenvalue weighted by molar-refractivity contribution is -0.317. The van der Waals surface area contributed by atoms with E-state index >= 15 is 0 Å². The maximum atomic E-state index is 5.52. The molecule has 93 valence electrons. The summed E-state index contributed by atoms with van der Waals surface area (Å²) in [5.41, 5.74) is 0.880. The Balaban J connectivity index is 2.41. The van der Waals surface area contributed by atoms with Crippen LogP contribution in [0.25, 0.3) is 0 Å². The second-order valence-electron chi connectivity index (χ2n) is 5.52. The topological polar surface area (TPSA) is 18.5 Å². The molecule has 1 saturated carbocycles. The van der Waals surface area contributed by atoms with Crippen LogP contribution in [0.5, 0.6) is 0 Å². The van der Waals surface area contributed by atoms with Crippen LogP contribution in [0.2, 0.25) is 0 Å². The molecule has 0 aromatic rings. The third-order valence-corrected chi connectivity index (χ3v) is 3.39. The zero-order chi connectivity index (χ0) is 12.1. The smallest absolute Gasteiger partial charge is 0.147 e. The first-order valence-corrected chi connectivity index (χ1v) is 6.31. The van der Waals surface area contributed by atoms with E-state index in [-0.39, 0.29) is 6.10 Å². The number of hydrogen-bond acceptors (Lipinski definition) is 2. The molecule has 3 atom stereocenters. The van der Waals surface area contributed by atoms with E-state index in [1.54, 1.807) is 6.61 Å². The lowest BCUT2D eigenvalue weighted by Gasteiger charge is -2.35. The van der Waals surface area contributed by atoms with E-state index in [0.29, 0.717) is 11.8 Å². The molecule has 0 saturated heterocycles. The molecule has 0 spiro atoms. The molecule has 0 aliphatic heterocycles. The van der Waals surface area contributed by atoms with Gasteiger partial charge in [-0.3, -0.25) is 0 Å². The maximum Gasteiger partial charge on any atom is 0.147 e. The van der Waals surface area contributed by atoms with Crippen LogP contribution in [-0.4, -0.2) is 6.10 Å². The van der Waals surface area contributed by atoms with Crippen molar-refractivity contribution in [3.63, 3.8) is 0 Å². The Bertz CT molecular complexity index is 223. The van der Waals surface area contributed by atoms with Gasteiger partial charge in [-0.1, -0.05) is 33.8 Å². The molecule has 2 heteroatoms. The van der Waals surface area contributed by atoms with Gasteiger partial charge in [0.1, 0.15) is 6.61 Å². The van der Waals surface area contributed by atoms with Gasteiger partial charge in [0.25, 0.3) is 0 Å². The minimum Gasteiger partial charge on any atom is -0.232 e. The van der Waals surface area contributed by atoms with Crippen molar-refractivity contribution in [2.45, 2.75) is 53.1 Å². The molecular formula is C14H25O2. The van der Waals surface area contributed by atoms with Gasteiger partial charge in [-0.25, -0.2) is 9.78 Å². The summed E-state index contributed by atoms with van der Waals surface area (Å²) in [6, 6.07) is 0. The van der Waals surface area contributed by atoms with E-state index in [9.17, 15) is 0 Å². The lowest BCUT2D eigenvalue weighted by atomic mass is 9.75. The quantitative estimate of drug-likeness (QED) is 0.517. The van der Waals surface area contributed by atoms with Crippen molar-refractivity contribution in [2.75, 3.05) is 0 Å². The van der Waals surface area contributed by atoms with Gasteiger partial charge in [-0.15, -0.1) is 0 Å². The summed E-state index contributed by atoms with van der Waals surface area (Å²) < 4.78 is 0. The van der Waals surface area contributed by atoms with E-state index < -0.39 is 0 Å². The first kappa shape index (κ1) is 13.7. The predicted molar refractivity (Wildman–Crippen MR) is 66.4 cm³/mol. The zero-order valence-electron chi connectivity index (χ0n) is 11.0. The highest BCUT2D eigenvalue weighted by atomic mass is 17.2. The van der Waals surface area contributed by atoms with Crippen molar-refractivity contribution in [3.05, 3.63) is 18.8 Å². The Morgan fingerprint density at radius 2 is 2.06 bits per heavy atom. The van der Waals surface area contributed by atoms with E-state index in [1.165, 1.54) is 12.8 Å². The van der Waals surface area contributed by atoms with Crippen LogP contribution in [0.4, 0.5) is 0 Å². The van der Waals surface area contributed by atoms with Crippen molar-refractivity contribution in [1.29, 1.82) is 0 Å². The Kier molecular flexibility index (Phi) is 5.50. The first-order valence-electron chi connectivity index (χ1n) is 6.31. The van der Waals surface area contributed by atoms with Gasteiger partial charge in [0.05, 0.1) is 6.10 Å². The van der Waals surface area contributed by atoms with Crippen LogP contribution in [0.3, 0.4) is 0 Å². The molecule has 0 N–H and O–H groups in total. The number of rotatable bonds is 5. The van der Waals surface area contributed by atoms with Gasteiger partial charge in [0, 0.05) is 0 Å². The summed E-state index contributed by atoms with van der Waals surface area (Å²) in [5.74, 6) is 2.02. The molecule has 0 aromatic carbocycles. The molecule has 1 radical (unpaired) electrons. The van der Waals surface area contributed by atoms with Crippen LogP contribution in [0.1, 0.15) is 47.0 Å². The van der Waals surface area contributed by atoms with Crippen LogP contribution in [0.15, 0.2) is 12.2 Å². The summed E-state index contributed by atoms with van der Waals surface area (Å²) in [7, 11) is 0.